The van der Waals surface area contributed by atoms with Crippen molar-refractivity contribution in [2.24, 2.45) is 0 Å². The van der Waals surface area contributed by atoms with Gasteiger partial charge in [-0.1, -0.05) is 18.2 Å². The molecule has 0 aromatic heterocycles. The summed E-state index contributed by atoms with van der Waals surface area (Å²) in [5.74, 6) is -0.0497. The second kappa shape index (κ2) is 9.63. The van der Waals surface area contributed by atoms with Gasteiger partial charge in [-0.2, -0.15) is 0 Å². The van der Waals surface area contributed by atoms with Gasteiger partial charge in [-0.25, -0.2) is 4.79 Å². The Morgan fingerprint density at radius 1 is 1.29 bits per heavy atom. The topological polar surface area (TPSA) is 87.7 Å². The minimum atomic E-state index is -0.859. The van der Waals surface area contributed by atoms with E-state index in [9.17, 15) is 9.59 Å². The molecule has 0 saturated heterocycles. The van der Waals surface area contributed by atoms with Crippen LogP contribution in [0.2, 0.25) is 0 Å². The lowest BCUT2D eigenvalue weighted by Crippen LogP contribution is -2.41. The first-order valence-electron chi connectivity index (χ1n) is 7.02. The third kappa shape index (κ3) is 8.52. The van der Waals surface area contributed by atoms with Gasteiger partial charge in [0.2, 0.25) is 0 Å². The predicted molar refractivity (Wildman–Crippen MR) is 79.4 cm³/mol. The van der Waals surface area contributed by atoms with Crippen LogP contribution in [-0.4, -0.2) is 36.3 Å². The first-order valence-corrected chi connectivity index (χ1v) is 7.02. The van der Waals surface area contributed by atoms with Gasteiger partial charge in [0.15, 0.2) is 0 Å². The first-order chi connectivity index (χ1) is 10.1. The maximum absolute atomic E-state index is 11.5. The molecule has 2 amide bonds. The van der Waals surface area contributed by atoms with Gasteiger partial charge in [0, 0.05) is 19.0 Å². The van der Waals surface area contributed by atoms with Crippen molar-refractivity contribution in [2.45, 2.75) is 32.2 Å². The molecule has 0 bridgehead atoms. The molecule has 6 heteroatoms. The smallest absolute Gasteiger partial charge is 0.314 e. The molecule has 3 N–H and O–H groups in total. The number of ether oxygens (including phenoxy) is 1. The van der Waals surface area contributed by atoms with Crippen LogP contribution in [-0.2, 0) is 4.79 Å². The van der Waals surface area contributed by atoms with Crippen LogP contribution in [0, 0.1) is 0 Å². The van der Waals surface area contributed by atoms with Crippen LogP contribution in [0.4, 0.5) is 4.79 Å². The van der Waals surface area contributed by atoms with Gasteiger partial charge < -0.3 is 20.5 Å². The van der Waals surface area contributed by atoms with Crippen molar-refractivity contribution >= 4 is 12.0 Å². The fourth-order valence-electron chi connectivity index (χ4n) is 1.67. The largest absolute Gasteiger partial charge is 0.494 e. The third-order valence-electron chi connectivity index (χ3n) is 2.79. The molecule has 1 rings (SSSR count). The molecule has 116 valence electrons. The molecular weight excluding hydrogens is 272 g/mol. The van der Waals surface area contributed by atoms with E-state index in [0.717, 1.165) is 5.75 Å². The zero-order valence-corrected chi connectivity index (χ0v) is 12.2. The Kier molecular flexibility index (Phi) is 7.71. The van der Waals surface area contributed by atoms with Gasteiger partial charge >= 0.3 is 12.0 Å². The van der Waals surface area contributed by atoms with Crippen LogP contribution in [0.25, 0.3) is 0 Å². The number of aliphatic carboxylic acids is 1. The fourth-order valence-corrected chi connectivity index (χ4v) is 1.67. The number of benzene rings is 1. The Morgan fingerprint density at radius 3 is 2.67 bits per heavy atom. The standard InChI is InChI=1S/C15H22N2O4/c1-12(8-9-14(18)19)17-15(20)16-10-5-11-21-13-6-3-2-4-7-13/h2-4,6-7,12H,5,8-11H2,1H3,(H,18,19)(H2,16,17,20). The summed E-state index contributed by atoms with van der Waals surface area (Å²) in [5.41, 5.74) is 0. The Bertz CT molecular complexity index is 437. The van der Waals surface area contributed by atoms with Gasteiger partial charge in [-0.15, -0.1) is 0 Å². The van der Waals surface area contributed by atoms with Crippen molar-refractivity contribution in [2.75, 3.05) is 13.2 Å². The van der Waals surface area contributed by atoms with Crippen molar-refractivity contribution in [3.63, 3.8) is 0 Å². The average Bonchev–Trinajstić information content (AvgIpc) is 2.46. The number of nitrogens with one attached hydrogen (secondary N) is 2. The zero-order valence-electron chi connectivity index (χ0n) is 12.2. The van der Waals surface area contributed by atoms with E-state index in [1.54, 1.807) is 6.92 Å². The minimum absolute atomic E-state index is 0.0480. The summed E-state index contributed by atoms with van der Waals surface area (Å²) in [6.07, 6.45) is 1.16. The number of hydrogen-bond donors (Lipinski definition) is 3. The van der Waals surface area contributed by atoms with Gasteiger partial charge in [-0.3, -0.25) is 4.79 Å². The maximum Gasteiger partial charge on any atom is 0.314 e. The lowest BCUT2D eigenvalue weighted by molar-refractivity contribution is -0.137. The summed E-state index contributed by atoms with van der Waals surface area (Å²) in [6, 6.07) is 9.03. The van der Waals surface area contributed by atoms with Crippen molar-refractivity contribution in [3.05, 3.63) is 30.3 Å². The lowest BCUT2D eigenvalue weighted by atomic mass is 10.2. The second-order valence-electron chi connectivity index (χ2n) is 4.75. The fraction of sp³-hybridized carbons (Fsp3) is 0.467. The summed E-state index contributed by atoms with van der Waals surface area (Å²) in [4.78, 5) is 21.9. The van der Waals surface area contributed by atoms with E-state index in [-0.39, 0.29) is 18.5 Å². The molecule has 0 aliphatic heterocycles. The van der Waals surface area contributed by atoms with Crippen LogP contribution in [0.1, 0.15) is 26.2 Å². The van der Waals surface area contributed by atoms with E-state index in [0.29, 0.717) is 26.0 Å². The number of carboxylic acids is 1. The highest BCUT2D eigenvalue weighted by atomic mass is 16.5. The lowest BCUT2D eigenvalue weighted by Gasteiger charge is -2.13. The first kappa shape index (κ1) is 16.8. The van der Waals surface area contributed by atoms with Crippen molar-refractivity contribution in [3.8, 4) is 5.75 Å². The zero-order chi connectivity index (χ0) is 15.5. The number of hydrogen-bond acceptors (Lipinski definition) is 3. The summed E-state index contributed by atoms with van der Waals surface area (Å²) < 4.78 is 5.50. The van der Waals surface area contributed by atoms with Crippen molar-refractivity contribution in [1.29, 1.82) is 0 Å². The molecule has 6 nitrogen and oxygen atoms in total. The summed E-state index contributed by atoms with van der Waals surface area (Å²) in [6.45, 7) is 2.81. The SMILES string of the molecule is CC(CCC(=O)O)NC(=O)NCCCOc1ccccc1. The molecule has 1 aromatic rings. The van der Waals surface area contributed by atoms with Gasteiger partial charge in [0.05, 0.1) is 6.61 Å². The van der Waals surface area contributed by atoms with Crippen LogP contribution >= 0.6 is 0 Å². The van der Waals surface area contributed by atoms with E-state index in [1.807, 2.05) is 30.3 Å². The summed E-state index contributed by atoms with van der Waals surface area (Å²) in [7, 11) is 0. The molecule has 21 heavy (non-hydrogen) atoms. The van der Waals surface area contributed by atoms with Crippen molar-refractivity contribution < 1.29 is 19.4 Å². The van der Waals surface area contributed by atoms with Crippen LogP contribution < -0.4 is 15.4 Å². The van der Waals surface area contributed by atoms with Gasteiger partial charge in [-0.05, 0) is 31.9 Å². The number of para-hydroxylation sites is 1. The normalized spacial score (nSPS) is 11.5. The van der Waals surface area contributed by atoms with E-state index in [4.69, 9.17) is 9.84 Å². The molecule has 0 aliphatic carbocycles. The molecule has 1 unspecified atom stereocenters. The van der Waals surface area contributed by atoms with Crippen LogP contribution in [0.5, 0.6) is 5.75 Å². The number of rotatable bonds is 9. The minimum Gasteiger partial charge on any atom is -0.494 e. The molecule has 0 spiro atoms. The van der Waals surface area contributed by atoms with Crippen molar-refractivity contribution in [1.82, 2.24) is 10.6 Å². The molecular formula is C15H22N2O4. The second-order valence-corrected chi connectivity index (χ2v) is 4.75. The molecule has 0 heterocycles. The average molecular weight is 294 g/mol. The van der Waals surface area contributed by atoms with E-state index in [1.165, 1.54) is 0 Å². The Labute approximate surface area is 124 Å². The molecule has 0 fully saturated rings. The highest BCUT2D eigenvalue weighted by molar-refractivity contribution is 5.74. The molecule has 1 atom stereocenters. The molecule has 0 radical (unpaired) electrons. The number of amides is 2. The van der Waals surface area contributed by atoms with Crippen LogP contribution in [0.15, 0.2) is 30.3 Å². The van der Waals surface area contributed by atoms with Gasteiger partial charge in [0.1, 0.15) is 5.75 Å². The predicted octanol–water partition coefficient (Wildman–Crippen LogP) is 2.01. The molecule has 0 saturated carbocycles. The molecule has 1 aromatic carbocycles. The summed E-state index contributed by atoms with van der Waals surface area (Å²) in [5, 5.41) is 13.9. The Morgan fingerprint density at radius 2 is 2.00 bits per heavy atom. The number of urea groups is 1. The van der Waals surface area contributed by atoms with E-state index in [2.05, 4.69) is 10.6 Å². The maximum atomic E-state index is 11.5. The van der Waals surface area contributed by atoms with E-state index < -0.39 is 5.97 Å². The van der Waals surface area contributed by atoms with Gasteiger partial charge in [0.25, 0.3) is 0 Å². The molecule has 0 aliphatic rings. The number of carboxylic acid groups (broad SMARTS) is 1. The highest BCUT2D eigenvalue weighted by Crippen LogP contribution is 2.07. The third-order valence-corrected chi connectivity index (χ3v) is 2.79. The number of carbonyl (C=O) groups is 2. The Hall–Kier alpha value is -2.24. The van der Waals surface area contributed by atoms with Crippen LogP contribution in [0.3, 0.4) is 0 Å². The van der Waals surface area contributed by atoms with E-state index >= 15 is 0 Å². The monoisotopic (exact) mass is 294 g/mol. The summed E-state index contributed by atoms with van der Waals surface area (Å²) >= 11 is 0. The quantitative estimate of drug-likeness (QED) is 0.608. The number of carbonyl (C=O) groups excluding carboxylic acids is 1. The highest BCUT2D eigenvalue weighted by Gasteiger charge is 2.08. The Balaban J connectivity index is 2.04.